The number of amides is 1. The molecular weight excluding hydrogens is 178 g/mol. The third kappa shape index (κ3) is 2.45. The topological polar surface area (TPSA) is 72.4 Å². The van der Waals surface area contributed by atoms with Gasteiger partial charge in [0.25, 0.3) is 0 Å². The Balaban J connectivity index is 2.60. The minimum Gasteiger partial charge on any atom is -0.341 e. The van der Waals surface area contributed by atoms with Gasteiger partial charge in [-0.05, 0) is 26.7 Å². The summed E-state index contributed by atoms with van der Waals surface area (Å²) in [6, 6.07) is 0.140. The molecule has 4 nitrogen and oxygen atoms in total. The van der Waals surface area contributed by atoms with E-state index in [1.165, 1.54) is 0 Å². The lowest BCUT2D eigenvalue weighted by Gasteiger charge is -2.36. The Bertz CT molecular complexity index is 215. The summed E-state index contributed by atoms with van der Waals surface area (Å²) in [5.41, 5.74) is 10.9. The summed E-state index contributed by atoms with van der Waals surface area (Å²) in [6.07, 6.45) is 2.03. The highest BCUT2D eigenvalue weighted by atomic mass is 16.2. The summed E-state index contributed by atoms with van der Waals surface area (Å²) >= 11 is 0. The molecule has 1 amide bonds. The summed E-state index contributed by atoms with van der Waals surface area (Å²) in [5.74, 6) is 0.134. The third-order valence-electron chi connectivity index (χ3n) is 2.83. The van der Waals surface area contributed by atoms with Gasteiger partial charge in [-0.3, -0.25) is 4.79 Å². The molecule has 1 heterocycles. The largest absolute Gasteiger partial charge is 0.341 e. The first-order valence-corrected chi connectivity index (χ1v) is 5.22. The van der Waals surface area contributed by atoms with E-state index < -0.39 is 5.41 Å². The van der Waals surface area contributed by atoms with Crippen molar-refractivity contribution >= 4 is 5.91 Å². The average Bonchev–Trinajstić information content (AvgIpc) is 2.16. The Morgan fingerprint density at radius 2 is 2.21 bits per heavy atom. The Morgan fingerprint density at radius 3 is 2.71 bits per heavy atom. The molecule has 0 spiro atoms. The number of carbonyl (C=O) groups excluding carboxylic acids is 1. The maximum absolute atomic E-state index is 12.0. The molecule has 1 rings (SSSR count). The van der Waals surface area contributed by atoms with Gasteiger partial charge in [0.15, 0.2) is 0 Å². The van der Waals surface area contributed by atoms with E-state index in [2.05, 4.69) is 0 Å². The summed E-state index contributed by atoms with van der Waals surface area (Å²) < 4.78 is 0. The van der Waals surface area contributed by atoms with Crippen LogP contribution in [-0.2, 0) is 4.79 Å². The van der Waals surface area contributed by atoms with Gasteiger partial charge in [-0.1, -0.05) is 0 Å². The number of nitrogens with two attached hydrogens (primary N) is 2. The predicted octanol–water partition coefficient (Wildman–Crippen LogP) is -0.0790. The van der Waals surface area contributed by atoms with Crippen LogP contribution in [0.3, 0.4) is 0 Å². The number of likely N-dealkylation sites (tertiary alicyclic amines) is 1. The molecule has 0 aromatic rings. The summed E-state index contributed by atoms with van der Waals surface area (Å²) in [4.78, 5) is 13.8. The van der Waals surface area contributed by atoms with Gasteiger partial charge in [-0.25, -0.2) is 0 Å². The number of piperidine rings is 1. The zero-order valence-electron chi connectivity index (χ0n) is 9.12. The van der Waals surface area contributed by atoms with Crippen LogP contribution < -0.4 is 11.5 Å². The zero-order valence-corrected chi connectivity index (χ0v) is 9.12. The van der Waals surface area contributed by atoms with Crippen molar-refractivity contribution in [3.05, 3.63) is 0 Å². The lowest BCUT2D eigenvalue weighted by molar-refractivity contribution is -0.141. The molecule has 0 aromatic carbocycles. The smallest absolute Gasteiger partial charge is 0.229 e. The molecule has 1 atom stereocenters. The van der Waals surface area contributed by atoms with Crippen molar-refractivity contribution in [2.45, 2.75) is 32.7 Å². The van der Waals surface area contributed by atoms with Crippen LogP contribution in [0.5, 0.6) is 0 Å². The first kappa shape index (κ1) is 11.5. The van der Waals surface area contributed by atoms with Crippen LogP contribution in [-0.4, -0.2) is 36.5 Å². The first-order valence-electron chi connectivity index (χ1n) is 5.22. The SMILES string of the molecule is CC(C)(CN)C(=O)N1CCCC(N)C1. The van der Waals surface area contributed by atoms with E-state index in [4.69, 9.17) is 11.5 Å². The number of hydrogen-bond acceptors (Lipinski definition) is 3. The highest BCUT2D eigenvalue weighted by Gasteiger charge is 2.32. The monoisotopic (exact) mass is 199 g/mol. The third-order valence-corrected chi connectivity index (χ3v) is 2.83. The molecule has 0 saturated carbocycles. The van der Waals surface area contributed by atoms with Crippen LogP contribution in [0.1, 0.15) is 26.7 Å². The van der Waals surface area contributed by atoms with Crippen LogP contribution in [0.2, 0.25) is 0 Å². The highest BCUT2D eigenvalue weighted by molar-refractivity contribution is 5.82. The second kappa shape index (κ2) is 4.28. The predicted molar refractivity (Wildman–Crippen MR) is 56.6 cm³/mol. The average molecular weight is 199 g/mol. The lowest BCUT2D eigenvalue weighted by atomic mass is 9.90. The van der Waals surface area contributed by atoms with Gasteiger partial charge >= 0.3 is 0 Å². The maximum atomic E-state index is 12.0. The van der Waals surface area contributed by atoms with Crippen molar-refractivity contribution in [3.8, 4) is 0 Å². The fraction of sp³-hybridized carbons (Fsp3) is 0.900. The first-order chi connectivity index (χ1) is 6.47. The van der Waals surface area contributed by atoms with Gasteiger partial charge in [0, 0.05) is 25.7 Å². The van der Waals surface area contributed by atoms with Gasteiger partial charge < -0.3 is 16.4 Å². The standard InChI is InChI=1S/C10H21N3O/c1-10(2,7-11)9(14)13-5-3-4-8(12)6-13/h8H,3-7,11-12H2,1-2H3. The van der Waals surface area contributed by atoms with Crippen LogP contribution in [0.4, 0.5) is 0 Å². The Hall–Kier alpha value is -0.610. The molecule has 4 heteroatoms. The number of hydrogen-bond donors (Lipinski definition) is 2. The number of rotatable bonds is 2. The van der Waals surface area contributed by atoms with Crippen LogP contribution in [0.15, 0.2) is 0 Å². The van der Waals surface area contributed by atoms with E-state index in [9.17, 15) is 4.79 Å². The molecule has 0 radical (unpaired) electrons. The van der Waals surface area contributed by atoms with Gasteiger partial charge in [0.1, 0.15) is 0 Å². The van der Waals surface area contributed by atoms with E-state index in [1.54, 1.807) is 0 Å². The summed E-state index contributed by atoms with van der Waals surface area (Å²) in [6.45, 7) is 5.67. The van der Waals surface area contributed by atoms with E-state index >= 15 is 0 Å². The maximum Gasteiger partial charge on any atom is 0.229 e. The second-order valence-corrected chi connectivity index (χ2v) is 4.74. The van der Waals surface area contributed by atoms with Crippen molar-refractivity contribution in [1.82, 2.24) is 4.90 Å². The Morgan fingerprint density at radius 1 is 1.57 bits per heavy atom. The fourth-order valence-corrected chi connectivity index (χ4v) is 1.71. The molecule has 1 aliphatic rings. The van der Waals surface area contributed by atoms with Crippen LogP contribution in [0.25, 0.3) is 0 Å². The quantitative estimate of drug-likeness (QED) is 0.653. The molecule has 1 saturated heterocycles. The Labute approximate surface area is 85.6 Å². The normalized spacial score (nSPS) is 23.7. The number of nitrogens with zero attached hydrogens (tertiary/aromatic N) is 1. The molecule has 0 aromatic heterocycles. The van der Waals surface area contributed by atoms with Crippen molar-refractivity contribution in [1.29, 1.82) is 0 Å². The van der Waals surface area contributed by atoms with Crippen molar-refractivity contribution in [2.75, 3.05) is 19.6 Å². The minimum atomic E-state index is -0.447. The summed E-state index contributed by atoms with van der Waals surface area (Å²) in [7, 11) is 0. The molecule has 1 aliphatic heterocycles. The van der Waals surface area contributed by atoms with Crippen molar-refractivity contribution in [2.24, 2.45) is 16.9 Å². The van der Waals surface area contributed by atoms with Crippen molar-refractivity contribution < 1.29 is 4.79 Å². The lowest BCUT2D eigenvalue weighted by Crippen LogP contribution is -2.51. The van der Waals surface area contributed by atoms with Crippen LogP contribution >= 0.6 is 0 Å². The summed E-state index contributed by atoms with van der Waals surface area (Å²) in [5, 5.41) is 0. The minimum absolute atomic E-state index is 0.134. The molecule has 82 valence electrons. The number of carbonyl (C=O) groups is 1. The highest BCUT2D eigenvalue weighted by Crippen LogP contribution is 2.20. The van der Waals surface area contributed by atoms with Gasteiger partial charge in [-0.2, -0.15) is 0 Å². The van der Waals surface area contributed by atoms with E-state index in [0.717, 1.165) is 19.4 Å². The molecule has 1 unspecified atom stereocenters. The van der Waals surface area contributed by atoms with E-state index in [-0.39, 0.29) is 11.9 Å². The molecule has 0 aliphatic carbocycles. The van der Waals surface area contributed by atoms with E-state index in [1.807, 2.05) is 18.7 Å². The zero-order chi connectivity index (χ0) is 10.8. The molecule has 0 bridgehead atoms. The Kier molecular flexibility index (Phi) is 3.50. The molecule has 1 fully saturated rings. The van der Waals surface area contributed by atoms with E-state index in [0.29, 0.717) is 13.1 Å². The van der Waals surface area contributed by atoms with Gasteiger partial charge in [0.05, 0.1) is 5.41 Å². The fourth-order valence-electron chi connectivity index (χ4n) is 1.71. The van der Waals surface area contributed by atoms with Gasteiger partial charge in [0.2, 0.25) is 5.91 Å². The van der Waals surface area contributed by atoms with Crippen molar-refractivity contribution in [3.63, 3.8) is 0 Å². The van der Waals surface area contributed by atoms with Crippen LogP contribution in [0, 0.1) is 5.41 Å². The van der Waals surface area contributed by atoms with Gasteiger partial charge in [-0.15, -0.1) is 0 Å². The molecular formula is C10H21N3O. The molecule has 4 N–H and O–H groups in total. The second-order valence-electron chi connectivity index (χ2n) is 4.74. The molecule has 14 heavy (non-hydrogen) atoms.